The van der Waals surface area contributed by atoms with Gasteiger partial charge in [-0.3, -0.25) is 0 Å². The van der Waals surface area contributed by atoms with E-state index >= 15 is 0 Å². The minimum Gasteiger partial charge on any atom is -0.207 e. The van der Waals surface area contributed by atoms with Crippen molar-refractivity contribution in [3.05, 3.63) is 47.1 Å². The van der Waals surface area contributed by atoms with Crippen LogP contribution in [0.3, 0.4) is 0 Å². The molecule has 0 bridgehead atoms. The van der Waals surface area contributed by atoms with Gasteiger partial charge in [0.2, 0.25) is 0 Å². The molecule has 2 heteroatoms. The Morgan fingerprint density at radius 3 is 2.85 bits per heavy atom. The van der Waals surface area contributed by atoms with Crippen LogP contribution in [0, 0.1) is 18.1 Å². The molecule has 13 heavy (non-hydrogen) atoms. The molecule has 0 atom stereocenters. The van der Waals surface area contributed by atoms with Crippen molar-refractivity contribution in [2.45, 2.75) is 6.92 Å². The zero-order valence-electron chi connectivity index (χ0n) is 7.17. The maximum absolute atomic E-state index is 12.9. The average Bonchev–Trinajstić information content (AvgIpc) is 2.51. The molecule has 0 unspecified atom stereocenters. The molecular formula is C11H8FS. The first-order chi connectivity index (χ1) is 6.27. The first-order valence-corrected chi connectivity index (χ1v) is 4.81. The molecule has 2 aromatic rings. The molecule has 0 aliphatic heterocycles. The molecule has 0 fully saturated rings. The molecule has 0 spiro atoms. The number of halogens is 1. The molecule has 0 aliphatic carbocycles. The van der Waals surface area contributed by atoms with Gasteiger partial charge in [0.1, 0.15) is 5.82 Å². The van der Waals surface area contributed by atoms with E-state index in [1.807, 2.05) is 19.1 Å². The fourth-order valence-electron chi connectivity index (χ4n) is 1.24. The summed E-state index contributed by atoms with van der Waals surface area (Å²) in [5.41, 5.74) is 2.08. The van der Waals surface area contributed by atoms with Crippen molar-refractivity contribution in [1.82, 2.24) is 0 Å². The fourth-order valence-corrected chi connectivity index (χ4v) is 2.06. The van der Waals surface area contributed by atoms with E-state index in [9.17, 15) is 4.39 Å². The predicted octanol–water partition coefficient (Wildman–Crippen LogP) is 3.66. The van der Waals surface area contributed by atoms with E-state index in [2.05, 4.69) is 5.38 Å². The van der Waals surface area contributed by atoms with Crippen LogP contribution in [0.25, 0.3) is 10.4 Å². The third-order valence-electron chi connectivity index (χ3n) is 1.88. The molecule has 0 amide bonds. The zero-order chi connectivity index (χ0) is 9.26. The number of benzene rings is 1. The Labute approximate surface area is 80.7 Å². The highest BCUT2D eigenvalue weighted by atomic mass is 32.1. The molecule has 1 radical (unpaired) electrons. The summed E-state index contributed by atoms with van der Waals surface area (Å²) >= 11 is 1.52. The van der Waals surface area contributed by atoms with Gasteiger partial charge in [-0.1, -0.05) is 12.1 Å². The van der Waals surface area contributed by atoms with Gasteiger partial charge in [-0.15, -0.1) is 11.3 Å². The van der Waals surface area contributed by atoms with Crippen LogP contribution >= 0.6 is 11.3 Å². The molecule has 1 aromatic carbocycles. The van der Waals surface area contributed by atoms with Crippen LogP contribution in [-0.4, -0.2) is 0 Å². The second kappa shape index (κ2) is 3.30. The quantitative estimate of drug-likeness (QED) is 0.645. The van der Waals surface area contributed by atoms with Crippen LogP contribution in [0.2, 0.25) is 0 Å². The third kappa shape index (κ3) is 1.63. The highest BCUT2D eigenvalue weighted by Crippen LogP contribution is 2.28. The SMILES string of the molecule is Cc1c[c]sc1-c1cccc(F)c1. The Morgan fingerprint density at radius 2 is 2.23 bits per heavy atom. The minimum atomic E-state index is -0.190. The normalized spacial score (nSPS) is 10.3. The summed E-state index contributed by atoms with van der Waals surface area (Å²) < 4.78 is 12.9. The zero-order valence-corrected chi connectivity index (χ0v) is 7.99. The summed E-state index contributed by atoms with van der Waals surface area (Å²) in [6, 6.07) is 8.56. The van der Waals surface area contributed by atoms with Crippen LogP contribution in [0.1, 0.15) is 5.56 Å². The minimum absolute atomic E-state index is 0.190. The summed E-state index contributed by atoms with van der Waals surface area (Å²) in [6.45, 7) is 2.01. The molecule has 0 aliphatic rings. The van der Waals surface area contributed by atoms with Gasteiger partial charge in [-0.05, 0) is 36.2 Å². The van der Waals surface area contributed by atoms with E-state index in [1.54, 1.807) is 12.1 Å². The third-order valence-corrected chi connectivity index (χ3v) is 2.88. The first kappa shape index (κ1) is 8.45. The van der Waals surface area contributed by atoms with E-state index in [0.29, 0.717) is 0 Å². The van der Waals surface area contributed by atoms with Gasteiger partial charge in [0.25, 0.3) is 0 Å². The van der Waals surface area contributed by atoms with Crippen molar-refractivity contribution in [2.24, 2.45) is 0 Å². The number of thiophene rings is 1. The van der Waals surface area contributed by atoms with Gasteiger partial charge in [0, 0.05) is 10.3 Å². The average molecular weight is 191 g/mol. The monoisotopic (exact) mass is 191 g/mol. The second-order valence-electron chi connectivity index (χ2n) is 2.89. The summed E-state index contributed by atoms with van der Waals surface area (Å²) in [7, 11) is 0. The van der Waals surface area contributed by atoms with Crippen LogP contribution in [0.4, 0.5) is 4.39 Å². The molecular weight excluding hydrogens is 183 g/mol. The van der Waals surface area contributed by atoms with E-state index in [0.717, 1.165) is 16.0 Å². The molecule has 1 heterocycles. The first-order valence-electron chi connectivity index (χ1n) is 4.00. The largest absolute Gasteiger partial charge is 0.207 e. The lowest BCUT2D eigenvalue weighted by atomic mass is 10.1. The van der Waals surface area contributed by atoms with Crippen LogP contribution in [-0.2, 0) is 0 Å². The topological polar surface area (TPSA) is 0 Å². The van der Waals surface area contributed by atoms with Crippen molar-refractivity contribution >= 4 is 11.3 Å². The molecule has 0 N–H and O–H groups in total. The molecule has 0 saturated heterocycles. The summed E-state index contributed by atoms with van der Waals surface area (Å²) in [5.74, 6) is -0.190. The van der Waals surface area contributed by atoms with E-state index in [1.165, 1.54) is 17.4 Å². The highest BCUT2D eigenvalue weighted by Gasteiger charge is 2.03. The van der Waals surface area contributed by atoms with Crippen molar-refractivity contribution in [3.63, 3.8) is 0 Å². The molecule has 0 saturated carbocycles. The van der Waals surface area contributed by atoms with Gasteiger partial charge in [0.15, 0.2) is 0 Å². The van der Waals surface area contributed by atoms with E-state index < -0.39 is 0 Å². The number of rotatable bonds is 1. The Kier molecular flexibility index (Phi) is 2.15. The maximum atomic E-state index is 12.9. The van der Waals surface area contributed by atoms with Gasteiger partial charge < -0.3 is 0 Å². The maximum Gasteiger partial charge on any atom is 0.123 e. The molecule has 1 aromatic heterocycles. The summed E-state index contributed by atoms with van der Waals surface area (Å²) in [4.78, 5) is 1.10. The predicted molar refractivity (Wildman–Crippen MR) is 53.3 cm³/mol. The lowest BCUT2D eigenvalue weighted by molar-refractivity contribution is 0.628. The lowest BCUT2D eigenvalue weighted by Gasteiger charge is -1.98. The lowest BCUT2D eigenvalue weighted by Crippen LogP contribution is -1.77. The summed E-state index contributed by atoms with van der Waals surface area (Å²) in [6.07, 6.45) is 0. The standard InChI is InChI=1S/C11H8FS/c1-8-5-6-13-11(8)9-3-2-4-10(12)7-9/h2-5,7H,1H3. The van der Waals surface area contributed by atoms with Crippen molar-refractivity contribution in [2.75, 3.05) is 0 Å². The van der Waals surface area contributed by atoms with Gasteiger partial charge in [-0.25, -0.2) is 4.39 Å². The van der Waals surface area contributed by atoms with Crippen LogP contribution < -0.4 is 0 Å². The van der Waals surface area contributed by atoms with E-state index in [-0.39, 0.29) is 5.82 Å². The number of hydrogen-bond acceptors (Lipinski definition) is 1. The molecule has 2 rings (SSSR count). The Bertz CT molecular complexity index is 418. The molecule has 65 valence electrons. The fraction of sp³-hybridized carbons (Fsp3) is 0.0909. The van der Waals surface area contributed by atoms with Crippen LogP contribution in [0.5, 0.6) is 0 Å². The Morgan fingerprint density at radius 1 is 1.38 bits per heavy atom. The number of hydrogen-bond donors (Lipinski definition) is 0. The Hall–Kier alpha value is -1.15. The van der Waals surface area contributed by atoms with Gasteiger partial charge in [0.05, 0.1) is 0 Å². The number of aryl methyl sites for hydroxylation is 1. The second-order valence-corrected chi connectivity index (χ2v) is 3.73. The van der Waals surface area contributed by atoms with Crippen molar-refractivity contribution < 1.29 is 4.39 Å². The van der Waals surface area contributed by atoms with Crippen LogP contribution in [0.15, 0.2) is 30.3 Å². The highest BCUT2D eigenvalue weighted by molar-refractivity contribution is 7.13. The smallest absolute Gasteiger partial charge is 0.123 e. The summed E-state index contributed by atoms with van der Waals surface area (Å²) in [5, 5.41) is 3.04. The Balaban J connectivity index is 2.53. The van der Waals surface area contributed by atoms with Gasteiger partial charge >= 0.3 is 0 Å². The molecule has 0 nitrogen and oxygen atoms in total. The van der Waals surface area contributed by atoms with Gasteiger partial charge in [-0.2, -0.15) is 0 Å². The van der Waals surface area contributed by atoms with Crippen molar-refractivity contribution in [1.29, 1.82) is 0 Å². The van der Waals surface area contributed by atoms with E-state index in [4.69, 9.17) is 0 Å². The van der Waals surface area contributed by atoms with Crippen molar-refractivity contribution in [3.8, 4) is 10.4 Å².